The van der Waals surface area contributed by atoms with Crippen molar-refractivity contribution in [2.24, 2.45) is 22.1 Å². The Labute approximate surface area is 83.7 Å². The summed E-state index contributed by atoms with van der Waals surface area (Å²) in [6, 6.07) is 0.200. The molecule has 0 unspecified atom stereocenters. The minimum absolute atomic E-state index is 0.0548. The normalized spacial score (nSPS) is 27.8. The largest absolute Gasteiger partial charge is 0.466 e. The van der Waals surface area contributed by atoms with Gasteiger partial charge < -0.3 is 10.6 Å². The van der Waals surface area contributed by atoms with Crippen LogP contribution in [0.15, 0.2) is 10.3 Å². The lowest BCUT2D eigenvalue weighted by Crippen LogP contribution is -2.25. The molecule has 0 atom stereocenters. The molecule has 1 aliphatic carbocycles. The zero-order chi connectivity index (χ0) is 10.4. The zero-order valence-electron chi connectivity index (χ0n) is 8.48. The van der Waals surface area contributed by atoms with Crippen LogP contribution in [-0.2, 0) is 9.53 Å². The summed E-state index contributed by atoms with van der Waals surface area (Å²) in [7, 11) is 0. The smallest absolute Gasteiger partial charge is 0.308 e. The second-order valence-electron chi connectivity index (χ2n) is 3.49. The van der Waals surface area contributed by atoms with Crippen LogP contribution in [0.4, 0.5) is 0 Å². The van der Waals surface area contributed by atoms with E-state index < -0.39 is 0 Å². The Kier molecular flexibility index (Phi) is 4.35. The van der Waals surface area contributed by atoms with Crippen molar-refractivity contribution in [2.75, 3.05) is 6.61 Å². The molecule has 0 aliphatic heterocycles. The van der Waals surface area contributed by atoms with Gasteiger partial charge in [0, 0.05) is 0 Å². The van der Waals surface area contributed by atoms with Crippen molar-refractivity contribution >= 4 is 5.97 Å². The second kappa shape index (κ2) is 5.57. The topological polar surface area (TPSA) is 77.0 Å². The van der Waals surface area contributed by atoms with Gasteiger partial charge in [0.1, 0.15) is 0 Å². The van der Waals surface area contributed by atoms with Gasteiger partial charge in [-0.3, -0.25) is 4.79 Å². The number of rotatable bonds is 3. The van der Waals surface area contributed by atoms with E-state index in [0.29, 0.717) is 6.61 Å². The Balaban J connectivity index is 2.31. The first-order valence-corrected chi connectivity index (χ1v) is 5.04. The first kappa shape index (κ1) is 10.9. The van der Waals surface area contributed by atoms with E-state index in [1.165, 1.54) is 0 Å². The van der Waals surface area contributed by atoms with E-state index in [4.69, 9.17) is 10.6 Å². The van der Waals surface area contributed by atoms with E-state index in [-0.39, 0.29) is 17.9 Å². The number of esters is 1. The summed E-state index contributed by atoms with van der Waals surface area (Å²) in [5.41, 5.74) is 0. The van der Waals surface area contributed by atoms with Crippen LogP contribution in [0.1, 0.15) is 32.6 Å². The van der Waals surface area contributed by atoms with Gasteiger partial charge in [-0.25, -0.2) is 0 Å². The molecule has 1 rings (SSSR count). The summed E-state index contributed by atoms with van der Waals surface area (Å²) in [5.74, 6) is 4.95. The molecule has 1 fully saturated rings. The van der Waals surface area contributed by atoms with Crippen LogP contribution in [-0.4, -0.2) is 18.6 Å². The van der Waals surface area contributed by atoms with Crippen molar-refractivity contribution in [3.05, 3.63) is 0 Å². The Hall–Kier alpha value is -1.13. The van der Waals surface area contributed by atoms with Crippen LogP contribution in [0, 0.1) is 5.92 Å². The highest BCUT2D eigenvalue weighted by molar-refractivity contribution is 5.72. The number of carbonyl (C=O) groups excluding carboxylic acids is 1. The molecule has 0 saturated heterocycles. The molecule has 0 amide bonds. The van der Waals surface area contributed by atoms with Crippen LogP contribution in [0.5, 0.6) is 0 Å². The molecule has 0 heterocycles. The molecule has 5 heteroatoms. The molecule has 14 heavy (non-hydrogen) atoms. The van der Waals surface area contributed by atoms with Crippen molar-refractivity contribution in [1.29, 1.82) is 0 Å². The summed E-state index contributed by atoms with van der Waals surface area (Å²) < 4.78 is 4.96. The summed E-state index contributed by atoms with van der Waals surface area (Å²) in [4.78, 5) is 11.4. The predicted molar refractivity (Wildman–Crippen MR) is 51.4 cm³/mol. The van der Waals surface area contributed by atoms with Gasteiger partial charge in [-0.1, -0.05) is 5.22 Å². The number of carbonyl (C=O) groups is 1. The molecule has 80 valence electrons. The lowest BCUT2D eigenvalue weighted by atomic mass is 9.86. The molecule has 0 aromatic heterocycles. The highest BCUT2D eigenvalue weighted by atomic mass is 16.5. The number of nitrogens with zero attached hydrogens (tertiary/aromatic N) is 2. The van der Waals surface area contributed by atoms with E-state index in [0.717, 1.165) is 25.7 Å². The molecular formula is C9H17N3O2. The lowest BCUT2D eigenvalue weighted by molar-refractivity contribution is -0.149. The van der Waals surface area contributed by atoms with Gasteiger partial charge in [0.2, 0.25) is 0 Å². The van der Waals surface area contributed by atoms with E-state index in [1.54, 1.807) is 0 Å². The third-order valence-corrected chi connectivity index (χ3v) is 2.55. The van der Waals surface area contributed by atoms with Crippen molar-refractivity contribution in [3.63, 3.8) is 0 Å². The molecule has 0 bridgehead atoms. The maximum atomic E-state index is 11.4. The molecule has 0 radical (unpaired) electrons. The van der Waals surface area contributed by atoms with Crippen LogP contribution in [0.25, 0.3) is 0 Å². The Bertz CT molecular complexity index is 210. The van der Waals surface area contributed by atoms with Crippen LogP contribution >= 0.6 is 0 Å². The SMILES string of the molecule is CCOC(=O)[C@H]1CC[C@H](N=NN)CC1. The fourth-order valence-electron chi connectivity index (χ4n) is 1.78. The fourth-order valence-corrected chi connectivity index (χ4v) is 1.78. The Morgan fingerprint density at radius 2 is 2.07 bits per heavy atom. The quantitative estimate of drug-likeness (QED) is 0.323. The van der Waals surface area contributed by atoms with Crippen molar-refractivity contribution in [1.82, 2.24) is 0 Å². The molecule has 0 aromatic rings. The van der Waals surface area contributed by atoms with Gasteiger partial charge in [-0.05, 0) is 32.6 Å². The lowest BCUT2D eigenvalue weighted by Gasteiger charge is -2.23. The number of hydrogen-bond acceptors (Lipinski definition) is 4. The third-order valence-electron chi connectivity index (χ3n) is 2.55. The van der Waals surface area contributed by atoms with E-state index >= 15 is 0 Å². The summed E-state index contributed by atoms with van der Waals surface area (Å²) in [5, 5.41) is 7.15. The maximum absolute atomic E-state index is 11.4. The standard InChI is InChI=1S/C9H17N3O2/c1-2-14-9(13)7-3-5-8(6-4-7)11-12-10/h7-8H,2-6H2,1H3,(H2,10,11)/t7-,8-. The minimum atomic E-state index is -0.0735. The van der Waals surface area contributed by atoms with E-state index in [9.17, 15) is 4.79 Å². The zero-order valence-corrected chi connectivity index (χ0v) is 8.48. The summed E-state index contributed by atoms with van der Waals surface area (Å²) >= 11 is 0. The average molecular weight is 199 g/mol. The van der Waals surface area contributed by atoms with Gasteiger partial charge >= 0.3 is 5.97 Å². The Morgan fingerprint density at radius 3 is 2.57 bits per heavy atom. The van der Waals surface area contributed by atoms with Crippen LogP contribution in [0.2, 0.25) is 0 Å². The molecule has 1 aliphatic rings. The number of nitrogens with two attached hydrogens (primary N) is 1. The monoisotopic (exact) mass is 199 g/mol. The van der Waals surface area contributed by atoms with Crippen LogP contribution < -0.4 is 5.84 Å². The highest BCUT2D eigenvalue weighted by Crippen LogP contribution is 2.27. The first-order chi connectivity index (χ1) is 6.77. The van der Waals surface area contributed by atoms with Gasteiger partial charge in [0.25, 0.3) is 0 Å². The first-order valence-electron chi connectivity index (χ1n) is 5.04. The van der Waals surface area contributed by atoms with Crippen molar-refractivity contribution in [2.45, 2.75) is 38.6 Å². The van der Waals surface area contributed by atoms with Crippen molar-refractivity contribution < 1.29 is 9.53 Å². The fraction of sp³-hybridized carbons (Fsp3) is 0.889. The molecule has 0 spiro atoms. The van der Waals surface area contributed by atoms with Gasteiger partial charge in [0.05, 0.1) is 18.6 Å². The third kappa shape index (κ3) is 2.97. The second-order valence-corrected chi connectivity index (χ2v) is 3.49. The summed E-state index contributed by atoms with van der Waals surface area (Å²) in [6.07, 6.45) is 3.43. The maximum Gasteiger partial charge on any atom is 0.308 e. The predicted octanol–water partition coefficient (Wildman–Crippen LogP) is 1.43. The molecule has 2 N–H and O–H groups in total. The van der Waals surface area contributed by atoms with Gasteiger partial charge in [-0.2, -0.15) is 5.11 Å². The summed E-state index contributed by atoms with van der Waals surface area (Å²) in [6.45, 7) is 2.29. The van der Waals surface area contributed by atoms with Crippen LogP contribution in [0.3, 0.4) is 0 Å². The molecule has 1 saturated carbocycles. The van der Waals surface area contributed by atoms with Gasteiger partial charge in [-0.15, -0.1) is 0 Å². The average Bonchev–Trinajstić information content (AvgIpc) is 2.20. The highest BCUT2D eigenvalue weighted by Gasteiger charge is 2.26. The molecular weight excluding hydrogens is 182 g/mol. The van der Waals surface area contributed by atoms with E-state index in [2.05, 4.69) is 10.3 Å². The van der Waals surface area contributed by atoms with E-state index in [1.807, 2.05) is 6.92 Å². The number of hydrogen-bond donors (Lipinski definition) is 1. The minimum Gasteiger partial charge on any atom is -0.466 e. The molecule has 0 aromatic carbocycles. The number of ether oxygens (including phenoxy) is 1. The Morgan fingerprint density at radius 1 is 1.43 bits per heavy atom. The van der Waals surface area contributed by atoms with Crippen molar-refractivity contribution in [3.8, 4) is 0 Å². The molecule has 5 nitrogen and oxygen atoms in total. The van der Waals surface area contributed by atoms with Gasteiger partial charge in [0.15, 0.2) is 0 Å².